The molecule has 0 aliphatic heterocycles. The topological polar surface area (TPSA) is 58.6 Å². The highest BCUT2D eigenvalue weighted by Crippen LogP contribution is 2.28. The van der Waals surface area contributed by atoms with Gasteiger partial charge in [-0.2, -0.15) is 4.31 Å². The van der Waals surface area contributed by atoms with Crippen molar-refractivity contribution in [1.82, 2.24) is 9.62 Å². The van der Waals surface area contributed by atoms with Crippen LogP contribution in [0.15, 0.2) is 23.1 Å². The molecular formula is C14H24N2O3S. The van der Waals surface area contributed by atoms with E-state index in [9.17, 15) is 8.42 Å². The number of hydrogen-bond donors (Lipinski definition) is 1. The Balaban J connectivity index is 3.37. The van der Waals surface area contributed by atoms with E-state index in [1.165, 1.54) is 11.4 Å². The average Bonchev–Trinajstić information content (AvgIpc) is 2.39. The van der Waals surface area contributed by atoms with E-state index in [0.717, 1.165) is 5.56 Å². The smallest absolute Gasteiger partial charge is 0.246 e. The second-order valence-electron chi connectivity index (χ2n) is 4.82. The first kappa shape index (κ1) is 16.9. The number of sulfonamides is 1. The summed E-state index contributed by atoms with van der Waals surface area (Å²) in [7, 11) is -0.245. The van der Waals surface area contributed by atoms with Gasteiger partial charge in [-0.25, -0.2) is 8.42 Å². The number of hydrogen-bond acceptors (Lipinski definition) is 4. The molecule has 0 heterocycles. The predicted octanol–water partition coefficient (Wildman–Crippen LogP) is 1.83. The quantitative estimate of drug-likeness (QED) is 0.834. The Morgan fingerprint density at radius 3 is 2.45 bits per heavy atom. The van der Waals surface area contributed by atoms with E-state index in [0.29, 0.717) is 18.8 Å². The molecular weight excluding hydrogens is 276 g/mol. The zero-order valence-electron chi connectivity index (χ0n) is 12.8. The Morgan fingerprint density at radius 1 is 1.35 bits per heavy atom. The molecule has 0 spiro atoms. The summed E-state index contributed by atoms with van der Waals surface area (Å²) in [4.78, 5) is 0.225. The zero-order chi connectivity index (χ0) is 15.3. The van der Waals surface area contributed by atoms with E-state index in [1.54, 1.807) is 12.1 Å². The van der Waals surface area contributed by atoms with Crippen LogP contribution < -0.4 is 10.1 Å². The van der Waals surface area contributed by atoms with Crippen LogP contribution in [0.25, 0.3) is 0 Å². The maximum Gasteiger partial charge on any atom is 0.246 e. The van der Waals surface area contributed by atoms with Crippen molar-refractivity contribution in [2.24, 2.45) is 0 Å². The van der Waals surface area contributed by atoms with Crippen LogP contribution in [0.2, 0.25) is 0 Å². The monoisotopic (exact) mass is 300 g/mol. The second kappa shape index (κ2) is 7.06. The molecule has 0 saturated carbocycles. The Bertz CT molecular complexity index is 541. The third-order valence-corrected chi connectivity index (χ3v) is 5.26. The van der Waals surface area contributed by atoms with E-state index < -0.39 is 10.0 Å². The number of nitrogens with zero attached hydrogens (tertiary/aromatic N) is 1. The van der Waals surface area contributed by atoms with Crippen LogP contribution >= 0.6 is 0 Å². The first-order valence-corrected chi connectivity index (χ1v) is 8.15. The third kappa shape index (κ3) is 3.50. The Kier molecular flexibility index (Phi) is 5.98. The maximum absolute atomic E-state index is 12.8. The Hall–Kier alpha value is -1.11. The van der Waals surface area contributed by atoms with Crippen molar-refractivity contribution in [1.29, 1.82) is 0 Å². The average molecular weight is 300 g/mol. The van der Waals surface area contributed by atoms with E-state index in [2.05, 4.69) is 5.32 Å². The highest BCUT2D eigenvalue weighted by molar-refractivity contribution is 7.89. The fourth-order valence-electron chi connectivity index (χ4n) is 2.18. The highest BCUT2D eigenvalue weighted by atomic mass is 32.2. The first-order chi connectivity index (χ1) is 9.38. The minimum Gasteiger partial charge on any atom is -0.495 e. The molecule has 0 bridgehead atoms. The first-order valence-electron chi connectivity index (χ1n) is 6.71. The van der Waals surface area contributed by atoms with Crippen LogP contribution in [-0.2, 0) is 16.6 Å². The molecule has 0 fully saturated rings. The molecule has 0 unspecified atom stereocenters. The molecule has 0 aromatic heterocycles. The lowest BCUT2D eigenvalue weighted by molar-refractivity contribution is 0.361. The van der Waals surface area contributed by atoms with Crippen molar-refractivity contribution in [3.8, 4) is 5.75 Å². The second-order valence-corrected chi connectivity index (χ2v) is 6.68. The number of ether oxygens (including phenoxy) is 1. The largest absolute Gasteiger partial charge is 0.495 e. The fraction of sp³-hybridized carbons (Fsp3) is 0.571. The van der Waals surface area contributed by atoms with Gasteiger partial charge in [0.05, 0.1) is 7.11 Å². The summed E-state index contributed by atoms with van der Waals surface area (Å²) in [6, 6.07) is 5.14. The van der Waals surface area contributed by atoms with E-state index in [1.807, 2.05) is 33.9 Å². The summed E-state index contributed by atoms with van der Waals surface area (Å²) in [5.74, 6) is 0.379. The van der Waals surface area contributed by atoms with Crippen molar-refractivity contribution in [2.45, 2.75) is 38.3 Å². The molecule has 0 saturated heterocycles. The van der Waals surface area contributed by atoms with Crippen LogP contribution in [0.3, 0.4) is 0 Å². The van der Waals surface area contributed by atoms with Gasteiger partial charge in [-0.05, 0) is 38.6 Å². The van der Waals surface area contributed by atoms with Gasteiger partial charge in [-0.3, -0.25) is 0 Å². The SMILES string of the molecule is CCN(C(C)C)S(=O)(=O)c1cc(CNC)ccc1OC. The van der Waals surface area contributed by atoms with Gasteiger partial charge in [0.15, 0.2) is 0 Å². The molecule has 20 heavy (non-hydrogen) atoms. The predicted molar refractivity (Wildman–Crippen MR) is 80.5 cm³/mol. The molecule has 0 atom stereocenters. The van der Waals surface area contributed by atoms with Crippen molar-refractivity contribution >= 4 is 10.0 Å². The van der Waals surface area contributed by atoms with E-state index >= 15 is 0 Å². The lowest BCUT2D eigenvalue weighted by Gasteiger charge is -2.25. The van der Waals surface area contributed by atoms with Gasteiger partial charge in [0.2, 0.25) is 10.0 Å². The summed E-state index contributed by atoms with van der Waals surface area (Å²) in [5.41, 5.74) is 0.909. The number of benzene rings is 1. The summed E-state index contributed by atoms with van der Waals surface area (Å²) < 4.78 is 32.2. The summed E-state index contributed by atoms with van der Waals surface area (Å²) in [6.07, 6.45) is 0. The molecule has 5 nitrogen and oxygen atoms in total. The molecule has 1 aromatic carbocycles. The van der Waals surface area contributed by atoms with Crippen molar-refractivity contribution in [3.05, 3.63) is 23.8 Å². The van der Waals surface area contributed by atoms with Gasteiger partial charge in [0.25, 0.3) is 0 Å². The van der Waals surface area contributed by atoms with E-state index in [-0.39, 0.29) is 10.9 Å². The molecule has 114 valence electrons. The Labute approximate surface area is 122 Å². The molecule has 0 aliphatic rings. The number of rotatable bonds is 7. The van der Waals surface area contributed by atoms with E-state index in [4.69, 9.17) is 4.74 Å². The summed E-state index contributed by atoms with van der Waals surface area (Å²) in [6.45, 7) is 6.61. The van der Waals surface area contributed by atoms with Crippen molar-refractivity contribution < 1.29 is 13.2 Å². The van der Waals surface area contributed by atoms with Gasteiger partial charge in [-0.1, -0.05) is 13.0 Å². The molecule has 1 aromatic rings. The number of nitrogens with one attached hydrogen (secondary N) is 1. The fourth-order valence-corrected chi connectivity index (χ4v) is 4.03. The molecule has 1 N–H and O–H groups in total. The molecule has 0 amide bonds. The molecule has 6 heteroatoms. The minimum absolute atomic E-state index is 0.0948. The van der Waals surface area contributed by atoms with Crippen LogP contribution in [0, 0.1) is 0 Å². The van der Waals surface area contributed by atoms with Gasteiger partial charge in [0, 0.05) is 19.1 Å². The Morgan fingerprint density at radius 2 is 2.00 bits per heavy atom. The zero-order valence-corrected chi connectivity index (χ0v) is 13.6. The van der Waals surface area contributed by atoms with Crippen LogP contribution in [-0.4, -0.2) is 39.5 Å². The lowest BCUT2D eigenvalue weighted by Crippen LogP contribution is -2.36. The summed E-state index contributed by atoms with van der Waals surface area (Å²) in [5, 5.41) is 3.02. The highest BCUT2D eigenvalue weighted by Gasteiger charge is 2.28. The van der Waals surface area contributed by atoms with Crippen LogP contribution in [0.1, 0.15) is 26.3 Å². The molecule has 0 radical (unpaired) electrons. The van der Waals surface area contributed by atoms with Gasteiger partial charge >= 0.3 is 0 Å². The van der Waals surface area contributed by atoms with Gasteiger partial charge < -0.3 is 10.1 Å². The normalized spacial score (nSPS) is 12.2. The minimum atomic E-state index is -3.55. The number of methoxy groups -OCH3 is 1. The van der Waals surface area contributed by atoms with Gasteiger partial charge in [0.1, 0.15) is 10.6 Å². The van der Waals surface area contributed by atoms with Crippen molar-refractivity contribution in [3.63, 3.8) is 0 Å². The van der Waals surface area contributed by atoms with Crippen LogP contribution in [0.5, 0.6) is 5.75 Å². The van der Waals surface area contributed by atoms with Crippen molar-refractivity contribution in [2.75, 3.05) is 20.7 Å². The molecule has 1 rings (SSSR count). The lowest BCUT2D eigenvalue weighted by atomic mass is 10.2. The van der Waals surface area contributed by atoms with Gasteiger partial charge in [-0.15, -0.1) is 0 Å². The third-order valence-electron chi connectivity index (χ3n) is 3.08. The summed E-state index contributed by atoms with van der Waals surface area (Å²) >= 11 is 0. The standard InChI is InChI=1S/C14H24N2O3S/c1-6-16(11(2)3)20(17,18)14-9-12(10-15-4)7-8-13(14)19-5/h7-9,11,15H,6,10H2,1-5H3. The maximum atomic E-state index is 12.8. The van der Waals surface area contributed by atoms with Crippen LogP contribution in [0.4, 0.5) is 0 Å². The molecule has 0 aliphatic carbocycles.